The third-order valence-electron chi connectivity index (χ3n) is 4.12. The van der Waals surface area contributed by atoms with E-state index in [1.165, 1.54) is 5.56 Å². The van der Waals surface area contributed by atoms with Gasteiger partial charge in [-0.3, -0.25) is 14.5 Å². The van der Waals surface area contributed by atoms with Crippen LogP contribution in [0.3, 0.4) is 0 Å². The maximum absolute atomic E-state index is 4.48. The van der Waals surface area contributed by atoms with Crippen LogP contribution in [0.2, 0.25) is 0 Å². The van der Waals surface area contributed by atoms with Crippen LogP contribution < -0.4 is 5.32 Å². The molecular weight excluding hydrogens is 392 g/mol. The van der Waals surface area contributed by atoms with E-state index in [4.69, 9.17) is 0 Å². The molecule has 0 saturated heterocycles. The highest BCUT2D eigenvalue weighted by Crippen LogP contribution is 2.32. The summed E-state index contributed by atoms with van der Waals surface area (Å²) in [5.74, 6) is 0.759. The van der Waals surface area contributed by atoms with Gasteiger partial charge in [-0.25, -0.2) is 9.97 Å². The van der Waals surface area contributed by atoms with E-state index in [1.54, 1.807) is 18.7 Å². The molecule has 0 unspecified atom stereocenters. The molecule has 0 aliphatic carbocycles. The second-order valence-electron chi connectivity index (χ2n) is 6.11. The molecule has 0 aliphatic rings. The molecule has 4 rings (SSSR count). The Morgan fingerprint density at radius 3 is 2.54 bits per heavy atom. The smallest absolute Gasteiger partial charge is 0.151 e. The van der Waals surface area contributed by atoms with E-state index < -0.39 is 0 Å². The average Bonchev–Trinajstić information content (AvgIpc) is 2.99. The molecular formula is C19H17BrN6. The highest BCUT2D eigenvalue weighted by Gasteiger charge is 2.14. The predicted molar refractivity (Wildman–Crippen MR) is 105 cm³/mol. The fraction of sp³-hybridized carbons (Fsp3) is 0.158. The van der Waals surface area contributed by atoms with Crippen molar-refractivity contribution in [2.75, 3.05) is 5.32 Å². The number of hydrogen-bond acceptors (Lipinski definition) is 5. The van der Waals surface area contributed by atoms with Crippen LogP contribution in [-0.4, -0.2) is 24.5 Å². The van der Waals surface area contributed by atoms with E-state index in [-0.39, 0.29) is 0 Å². The number of halogens is 1. The van der Waals surface area contributed by atoms with Crippen LogP contribution in [0.5, 0.6) is 0 Å². The van der Waals surface area contributed by atoms with Gasteiger partial charge >= 0.3 is 0 Å². The van der Waals surface area contributed by atoms with Crippen molar-refractivity contribution in [3.63, 3.8) is 0 Å². The van der Waals surface area contributed by atoms with E-state index in [0.717, 1.165) is 38.4 Å². The highest BCUT2D eigenvalue weighted by atomic mass is 79.9. The van der Waals surface area contributed by atoms with E-state index in [9.17, 15) is 0 Å². The molecule has 0 saturated carbocycles. The van der Waals surface area contributed by atoms with Gasteiger partial charge in [-0.05, 0) is 41.9 Å². The lowest BCUT2D eigenvalue weighted by atomic mass is 10.2. The Labute approximate surface area is 159 Å². The Kier molecular flexibility index (Phi) is 4.38. The Bertz CT molecular complexity index is 1050. The van der Waals surface area contributed by atoms with Crippen molar-refractivity contribution in [1.29, 1.82) is 0 Å². The summed E-state index contributed by atoms with van der Waals surface area (Å²) < 4.78 is 2.99. The molecule has 3 heterocycles. The molecule has 1 aromatic carbocycles. The lowest BCUT2D eigenvalue weighted by Gasteiger charge is -2.08. The standard InChI is InChI=1S/C19H17BrN6/c1-12-3-5-15(6-4-12)26-10-16(20)17-18(24-11-25-19(17)26)23-9-14-8-21-13(2)7-22-14/h3-8,10-11H,9H2,1-2H3,(H,23,24,25). The van der Waals surface area contributed by atoms with Crippen molar-refractivity contribution in [2.24, 2.45) is 0 Å². The maximum Gasteiger partial charge on any atom is 0.151 e. The molecule has 0 amide bonds. The van der Waals surface area contributed by atoms with Gasteiger partial charge in [0.25, 0.3) is 0 Å². The fourth-order valence-corrected chi connectivity index (χ4v) is 3.31. The number of nitrogens with zero attached hydrogens (tertiary/aromatic N) is 5. The lowest BCUT2D eigenvalue weighted by molar-refractivity contribution is 0.975. The van der Waals surface area contributed by atoms with Gasteiger partial charge in [-0.2, -0.15) is 0 Å². The molecule has 7 heteroatoms. The Hall–Kier alpha value is -2.80. The van der Waals surface area contributed by atoms with E-state index in [0.29, 0.717) is 6.54 Å². The molecule has 0 fully saturated rings. The monoisotopic (exact) mass is 408 g/mol. The number of nitrogens with one attached hydrogen (secondary N) is 1. The van der Waals surface area contributed by atoms with Gasteiger partial charge in [0.05, 0.1) is 29.5 Å². The molecule has 0 bridgehead atoms. The minimum absolute atomic E-state index is 0.543. The van der Waals surface area contributed by atoms with E-state index in [1.807, 2.05) is 13.1 Å². The largest absolute Gasteiger partial charge is 0.364 e. The zero-order valence-corrected chi connectivity index (χ0v) is 16.0. The number of aromatic nitrogens is 5. The van der Waals surface area contributed by atoms with Crippen molar-refractivity contribution in [3.05, 3.63) is 70.6 Å². The van der Waals surface area contributed by atoms with Crippen LogP contribution >= 0.6 is 15.9 Å². The summed E-state index contributed by atoms with van der Waals surface area (Å²) in [5, 5.41) is 4.28. The van der Waals surface area contributed by atoms with Crippen molar-refractivity contribution in [1.82, 2.24) is 24.5 Å². The van der Waals surface area contributed by atoms with E-state index in [2.05, 4.69) is 76.9 Å². The highest BCUT2D eigenvalue weighted by molar-refractivity contribution is 9.10. The summed E-state index contributed by atoms with van der Waals surface area (Å²) in [6.45, 7) is 4.54. The summed E-state index contributed by atoms with van der Waals surface area (Å²) in [5.41, 5.74) is 4.88. The lowest BCUT2D eigenvalue weighted by Crippen LogP contribution is -2.05. The third-order valence-corrected chi connectivity index (χ3v) is 4.72. The van der Waals surface area contributed by atoms with E-state index >= 15 is 0 Å². The number of benzene rings is 1. The Morgan fingerprint density at radius 1 is 1.00 bits per heavy atom. The Morgan fingerprint density at radius 2 is 1.81 bits per heavy atom. The molecule has 1 N–H and O–H groups in total. The van der Waals surface area contributed by atoms with Crippen molar-refractivity contribution >= 4 is 32.8 Å². The summed E-state index contributed by atoms with van der Waals surface area (Å²) in [7, 11) is 0. The topological polar surface area (TPSA) is 68.5 Å². The molecule has 26 heavy (non-hydrogen) atoms. The quantitative estimate of drug-likeness (QED) is 0.547. The fourth-order valence-electron chi connectivity index (χ4n) is 2.74. The number of hydrogen-bond donors (Lipinski definition) is 1. The Balaban J connectivity index is 1.70. The van der Waals surface area contributed by atoms with Crippen LogP contribution in [0, 0.1) is 13.8 Å². The molecule has 0 radical (unpaired) electrons. The van der Waals surface area contributed by atoms with Crippen molar-refractivity contribution in [2.45, 2.75) is 20.4 Å². The zero-order chi connectivity index (χ0) is 18.1. The van der Waals surface area contributed by atoms with Gasteiger partial charge in [0.15, 0.2) is 5.65 Å². The van der Waals surface area contributed by atoms with Crippen LogP contribution in [0.4, 0.5) is 5.82 Å². The molecule has 4 aromatic rings. The van der Waals surface area contributed by atoms with Crippen LogP contribution in [0.15, 0.2) is 53.7 Å². The van der Waals surface area contributed by atoms with Gasteiger partial charge < -0.3 is 5.32 Å². The molecule has 130 valence electrons. The van der Waals surface area contributed by atoms with Gasteiger partial charge in [0, 0.05) is 22.6 Å². The van der Waals surface area contributed by atoms with Gasteiger partial charge in [0.1, 0.15) is 12.1 Å². The second-order valence-corrected chi connectivity index (χ2v) is 6.96. The average molecular weight is 409 g/mol. The zero-order valence-electron chi connectivity index (χ0n) is 14.4. The molecule has 6 nitrogen and oxygen atoms in total. The number of rotatable bonds is 4. The third kappa shape index (κ3) is 3.17. The minimum Gasteiger partial charge on any atom is -0.364 e. The number of aryl methyl sites for hydroxylation is 2. The SMILES string of the molecule is Cc1ccc(-n2cc(Br)c3c(NCc4cnc(C)cn4)ncnc32)cc1. The maximum atomic E-state index is 4.48. The van der Waals surface area contributed by atoms with Crippen molar-refractivity contribution < 1.29 is 0 Å². The summed E-state index contributed by atoms with van der Waals surface area (Å²) in [4.78, 5) is 17.5. The molecule has 0 atom stereocenters. The first-order valence-corrected chi connectivity index (χ1v) is 9.01. The summed E-state index contributed by atoms with van der Waals surface area (Å²) in [6.07, 6.45) is 7.12. The van der Waals surface area contributed by atoms with Crippen LogP contribution in [-0.2, 0) is 6.54 Å². The van der Waals surface area contributed by atoms with Gasteiger partial charge in [0.2, 0.25) is 0 Å². The first-order chi connectivity index (χ1) is 12.6. The molecule has 0 aliphatic heterocycles. The first-order valence-electron chi connectivity index (χ1n) is 8.22. The molecule has 0 spiro atoms. The normalized spacial score (nSPS) is 11.0. The first kappa shape index (κ1) is 16.7. The van der Waals surface area contributed by atoms with Crippen molar-refractivity contribution in [3.8, 4) is 5.69 Å². The number of anilines is 1. The second kappa shape index (κ2) is 6.84. The summed E-state index contributed by atoms with van der Waals surface area (Å²) >= 11 is 3.65. The van der Waals surface area contributed by atoms with Gasteiger partial charge in [-0.15, -0.1) is 0 Å². The van der Waals surface area contributed by atoms with Crippen LogP contribution in [0.1, 0.15) is 17.0 Å². The van der Waals surface area contributed by atoms with Gasteiger partial charge in [-0.1, -0.05) is 17.7 Å². The molecule has 3 aromatic heterocycles. The predicted octanol–water partition coefficient (Wildman–Crippen LogP) is 4.20. The minimum atomic E-state index is 0.543. The summed E-state index contributed by atoms with van der Waals surface area (Å²) in [6, 6.07) is 8.34. The number of fused-ring (bicyclic) bond motifs is 1. The van der Waals surface area contributed by atoms with Crippen LogP contribution in [0.25, 0.3) is 16.7 Å².